The van der Waals surface area contributed by atoms with E-state index >= 15 is 0 Å². The summed E-state index contributed by atoms with van der Waals surface area (Å²) >= 11 is 0. The van der Waals surface area contributed by atoms with E-state index in [0.29, 0.717) is 26.4 Å². The van der Waals surface area contributed by atoms with Gasteiger partial charge in [-0.25, -0.2) is 0 Å². The van der Waals surface area contributed by atoms with Crippen LogP contribution in [0, 0.1) is 0 Å². The number of hydrogen-bond donors (Lipinski definition) is 1. The second-order valence-corrected chi connectivity index (χ2v) is 6.58. The zero-order valence-electron chi connectivity index (χ0n) is 10.8. The van der Waals surface area contributed by atoms with Crippen LogP contribution in [-0.2, 0) is 19.7 Å². The Morgan fingerprint density at radius 2 is 2.17 bits per heavy atom. The smallest absolute Gasteiger partial charge is 0.279 e. The van der Waals surface area contributed by atoms with Gasteiger partial charge >= 0.3 is 0 Å². The van der Waals surface area contributed by atoms with Crippen molar-refractivity contribution in [3.05, 3.63) is 0 Å². The van der Waals surface area contributed by atoms with Crippen molar-refractivity contribution in [2.24, 2.45) is 0 Å². The highest BCUT2D eigenvalue weighted by Gasteiger charge is 2.30. The molecule has 0 saturated carbocycles. The number of piperidine rings is 1. The normalized spacial score (nSPS) is 31.4. The van der Waals surface area contributed by atoms with E-state index in [2.05, 4.69) is 4.72 Å². The molecule has 0 bridgehead atoms. The summed E-state index contributed by atoms with van der Waals surface area (Å²) in [5.74, 6) is 0. The van der Waals surface area contributed by atoms with Crippen molar-refractivity contribution >= 4 is 10.2 Å². The molecule has 2 fully saturated rings. The number of rotatable bonds is 4. The molecular weight excluding hydrogens is 256 g/mol. The molecule has 0 aromatic carbocycles. The Bertz CT molecular complexity index is 354. The highest BCUT2D eigenvalue weighted by molar-refractivity contribution is 7.87. The largest absolute Gasteiger partial charge is 0.376 e. The molecule has 2 heterocycles. The molecule has 2 aliphatic heterocycles. The van der Waals surface area contributed by atoms with E-state index in [1.165, 1.54) is 0 Å². The topological polar surface area (TPSA) is 67.9 Å². The SMILES string of the molecule is CC1CCCCN1S(=O)(=O)NCC1COCCO1. The fourth-order valence-corrected chi connectivity index (χ4v) is 3.88. The standard InChI is InChI=1S/C11H22N2O4S/c1-10-4-2-3-5-13(10)18(14,15)12-8-11-9-16-6-7-17-11/h10-12H,2-9H2,1H3. The molecule has 2 unspecified atom stereocenters. The molecule has 0 radical (unpaired) electrons. The number of nitrogens with one attached hydrogen (secondary N) is 1. The molecule has 1 N–H and O–H groups in total. The van der Waals surface area contributed by atoms with Crippen LogP contribution in [0.2, 0.25) is 0 Å². The Morgan fingerprint density at radius 3 is 2.83 bits per heavy atom. The molecule has 2 rings (SSSR count). The molecule has 0 amide bonds. The van der Waals surface area contributed by atoms with Crippen LogP contribution < -0.4 is 4.72 Å². The van der Waals surface area contributed by atoms with Crippen LogP contribution in [0.4, 0.5) is 0 Å². The van der Waals surface area contributed by atoms with Crippen LogP contribution >= 0.6 is 0 Å². The molecule has 0 spiro atoms. The van der Waals surface area contributed by atoms with Crippen LogP contribution in [0.3, 0.4) is 0 Å². The predicted molar refractivity (Wildman–Crippen MR) is 67.5 cm³/mol. The minimum Gasteiger partial charge on any atom is -0.376 e. The minimum atomic E-state index is -3.38. The van der Waals surface area contributed by atoms with E-state index < -0.39 is 10.2 Å². The van der Waals surface area contributed by atoms with E-state index in [9.17, 15) is 8.42 Å². The average Bonchev–Trinajstić information content (AvgIpc) is 2.38. The first-order valence-electron chi connectivity index (χ1n) is 6.55. The fourth-order valence-electron chi connectivity index (χ4n) is 2.36. The van der Waals surface area contributed by atoms with Gasteiger partial charge in [0.2, 0.25) is 0 Å². The summed E-state index contributed by atoms with van der Waals surface area (Å²) in [5, 5.41) is 0. The highest BCUT2D eigenvalue weighted by atomic mass is 32.2. The predicted octanol–water partition coefficient (Wildman–Crippen LogP) is 0.111. The van der Waals surface area contributed by atoms with Crippen molar-refractivity contribution in [2.45, 2.75) is 38.3 Å². The number of hydrogen-bond acceptors (Lipinski definition) is 4. The van der Waals surface area contributed by atoms with Crippen LogP contribution in [0.1, 0.15) is 26.2 Å². The van der Waals surface area contributed by atoms with Crippen LogP contribution in [0.5, 0.6) is 0 Å². The van der Waals surface area contributed by atoms with Gasteiger partial charge in [0.15, 0.2) is 0 Å². The molecule has 2 atom stereocenters. The number of ether oxygens (including phenoxy) is 2. The summed E-state index contributed by atoms with van der Waals surface area (Å²) in [6, 6.07) is 0.0831. The van der Waals surface area contributed by atoms with Crippen molar-refractivity contribution in [2.75, 3.05) is 32.9 Å². The maximum atomic E-state index is 12.2. The zero-order valence-corrected chi connectivity index (χ0v) is 11.6. The summed E-state index contributed by atoms with van der Waals surface area (Å²) in [6.45, 7) is 4.43. The van der Waals surface area contributed by atoms with Gasteiger partial charge in [-0.05, 0) is 19.8 Å². The van der Waals surface area contributed by atoms with E-state index in [1.54, 1.807) is 4.31 Å². The van der Waals surface area contributed by atoms with Gasteiger partial charge in [-0.2, -0.15) is 17.4 Å². The van der Waals surface area contributed by atoms with Gasteiger partial charge in [0, 0.05) is 19.1 Å². The van der Waals surface area contributed by atoms with Crippen molar-refractivity contribution < 1.29 is 17.9 Å². The van der Waals surface area contributed by atoms with Gasteiger partial charge in [0.1, 0.15) is 0 Å². The first-order chi connectivity index (χ1) is 8.59. The second-order valence-electron chi connectivity index (χ2n) is 4.88. The molecule has 6 nitrogen and oxygen atoms in total. The van der Waals surface area contributed by atoms with Crippen LogP contribution in [0.25, 0.3) is 0 Å². The zero-order chi connectivity index (χ0) is 13.0. The lowest BCUT2D eigenvalue weighted by atomic mass is 10.1. The third-order valence-corrected chi connectivity index (χ3v) is 5.12. The Labute approximate surface area is 109 Å². The second kappa shape index (κ2) is 6.29. The van der Waals surface area contributed by atoms with Gasteiger partial charge in [-0.1, -0.05) is 6.42 Å². The van der Waals surface area contributed by atoms with Crippen LogP contribution in [-0.4, -0.2) is 57.8 Å². The third kappa shape index (κ3) is 3.64. The first kappa shape index (κ1) is 14.2. The van der Waals surface area contributed by atoms with Gasteiger partial charge in [-0.3, -0.25) is 0 Å². The summed E-state index contributed by atoms with van der Waals surface area (Å²) in [4.78, 5) is 0. The number of nitrogens with zero attached hydrogens (tertiary/aromatic N) is 1. The van der Waals surface area contributed by atoms with Crippen molar-refractivity contribution in [1.29, 1.82) is 0 Å². The molecule has 2 aliphatic rings. The first-order valence-corrected chi connectivity index (χ1v) is 7.99. The van der Waals surface area contributed by atoms with E-state index in [-0.39, 0.29) is 18.7 Å². The molecule has 0 aromatic heterocycles. The Kier molecular flexibility index (Phi) is 4.97. The third-order valence-electron chi connectivity index (χ3n) is 3.43. The maximum Gasteiger partial charge on any atom is 0.279 e. The van der Waals surface area contributed by atoms with E-state index in [0.717, 1.165) is 19.3 Å². The monoisotopic (exact) mass is 278 g/mol. The quantitative estimate of drug-likeness (QED) is 0.792. The summed E-state index contributed by atoms with van der Waals surface area (Å²) < 4.78 is 39.1. The van der Waals surface area contributed by atoms with Crippen molar-refractivity contribution in [3.63, 3.8) is 0 Å². The fraction of sp³-hybridized carbons (Fsp3) is 1.00. The van der Waals surface area contributed by atoms with Crippen molar-refractivity contribution in [1.82, 2.24) is 9.03 Å². The molecule has 7 heteroatoms. The lowest BCUT2D eigenvalue weighted by Crippen LogP contribution is -2.50. The van der Waals surface area contributed by atoms with E-state index in [1.807, 2.05) is 6.92 Å². The van der Waals surface area contributed by atoms with Gasteiger partial charge in [-0.15, -0.1) is 0 Å². The molecule has 0 aliphatic carbocycles. The molecule has 18 heavy (non-hydrogen) atoms. The van der Waals surface area contributed by atoms with Crippen molar-refractivity contribution in [3.8, 4) is 0 Å². The summed E-state index contributed by atoms with van der Waals surface area (Å²) in [7, 11) is -3.38. The average molecular weight is 278 g/mol. The molecule has 106 valence electrons. The molecule has 0 aromatic rings. The van der Waals surface area contributed by atoms with Gasteiger partial charge < -0.3 is 9.47 Å². The maximum absolute atomic E-state index is 12.2. The van der Waals surface area contributed by atoms with Crippen LogP contribution in [0.15, 0.2) is 0 Å². The summed E-state index contributed by atoms with van der Waals surface area (Å²) in [5.41, 5.74) is 0. The molecule has 2 saturated heterocycles. The lowest BCUT2D eigenvalue weighted by Gasteiger charge is -2.33. The summed E-state index contributed by atoms with van der Waals surface area (Å²) in [6.07, 6.45) is 2.80. The highest BCUT2D eigenvalue weighted by Crippen LogP contribution is 2.19. The van der Waals surface area contributed by atoms with Gasteiger partial charge in [0.25, 0.3) is 10.2 Å². The molecular formula is C11H22N2O4S. The van der Waals surface area contributed by atoms with Gasteiger partial charge in [0.05, 0.1) is 25.9 Å². The Balaban J connectivity index is 1.85. The van der Waals surface area contributed by atoms with E-state index in [4.69, 9.17) is 9.47 Å². The minimum absolute atomic E-state index is 0.0831. The lowest BCUT2D eigenvalue weighted by molar-refractivity contribution is -0.0848. The Hall–Kier alpha value is -0.210. The Morgan fingerprint density at radius 1 is 1.33 bits per heavy atom.